The van der Waals surface area contributed by atoms with E-state index < -0.39 is 0 Å². The molecule has 1 N–H and O–H groups in total. The molecule has 0 radical (unpaired) electrons. The molecule has 0 atom stereocenters. The molecule has 41 heavy (non-hydrogen) atoms. The Morgan fingerprint density at radius 3 is 1.20 bits per heavy atom. The highest BCUT2D eigenvalue weighted by molar-refractivity contribution is 5.76. The van der Waals surface area contributed by atoms with Crippen LogP contribution < -0.4 is 5.32 Å². The highest BCUT2D eigenvalue weighted by Gasteiger charge is 1.94. The van der Waals surface area contributed by atoms with Crippen molar-refractivity contribution in [2.24, 2.45) is 0 Å². The molecule has 258 valence electrons. The van der Waals surface area contributed by atoms with Gasteiger partial charge >= 0.3 is 0 Å². The van der Waals surface area contributed by atoms with E-state index in [0.717, 1.165) is 45.9 Å². The lowest BCUT2D eigenvalue weighted by molar-refractivity contribution is -0.122. The molecule has 9 nitrogen and oxygen atoms in total. The van der Waals surface area contributed by atoms with Gasteiger partial charge in [0.1, 0.15) is 6.61 Å². The molecule has 0 saturated carbocycles. The van der Waals surface area contributed by atoms with Gasteiger partial charge < -0.3 is 38.5 Å². The van der Waals surface area contributed by atoms with Gasteiger partial charge in [0.05, 0.1) is 72.7 Å². The minimum absolute atomic E-state index is 0.0202. The number of carbonyl (C=O) groups excluding carboxylic acids is 1. The van der Waals surface area contributed by atoms with Crippen molar-refractivity contribution in [1.29, 1.82) is 0 Å². The number of carbonyl (C=O) groups is 1. The van der Waals surface area contributed by atoms with Crippen molar-refractivity contribution in [2.75, 3.05) is 106 Å². The molecule has 0 heterocycles. The largest absolute Gasteiger partial charge is 0.382 e. The van der Waals surface area contributed by atoms with Crippen LogP contribution in [0.15, 0.2) is 0 Å². The first-order chi connectivity index (χ1) is 20.2. The minimum atomic E-state index is 0.0202. The van der Waals surface area contributed by atoms with E-state index in [-0.39, 0.29) is 12.4 Å². The number of ether oxygens (including phenoxy) is 7. The van der Waals surface area contributed by atoms with Crippen LogP contribution in [0.1, 0.15) is 103 Å². The van der Waals surface area contributed by atoms with Gasteiger partial charge in [0.15, 0.2) is 5.78 Å². The third kappa shape index (κ3) is 92.6. The van der Waals surface area contributed by atoms with Crippen molar-refractivity contribution in [2.45, 2.75) is 103 Å². The molecule has 0 aliphatic heterocycles. The van der Waals surface area contributed by atoms with E-state index in [2.05, 4.69) is 19.2 Å². The van der Waals surface area contributed by atoms with Crippen molar-refractivity contribution in [3.8, 4) is 0 Å². The molecule has 0 saturated heterocycles. The maximum absolute atomic E-state index is 10.5. The number of ketones is 1. The molecule has 0 rings (SSSR count). The summed E-state index contributed by atoms with van der Waals surface area (Å²) in [6, 6.07) is 0. The lowest BCUT2D eigenvalue weighted by Crippen LogP contribution is -2.20. The minimum Gasteiger partial charge on any atom is -0.382 e. The summed E-state index contributed by atoms with van der Waals surface area (Å²) in [5, 5.41) is 3.19. The predicted octanol–water partition coefficient (Wildman–Crippen LogP) is 6.85. The molecule has 0 fully saturated rings. The Morgan fingerprint density at radius 1 is 0.512 bits per heavy atom. The van der Waals surface area contributed by atoms with Crippen LogP contribution in [-0.4, -0.2) is 112 Å². The molecule has 0 bridgehead atoms. The summed E-state index contributed by atoms with van der Waals surface area (Å²) >= 11 is 0. The lowest BCUT2D eigenvalue weighted by Gasteiger charge is -2.06. The lowest BCUT2D eigenvalue weighted by atomic mass is 10.4. The molecule has 0 amide bonds. The van der Waals surface area contributed by atoms with Crippen molar-refractivity contribution in [3.05, 3.63) is 0 Å². The summed E-state index contributed by atoms with van der Waals surface area (Å²) in [4.78, 5) is 10.5. The Bertz CT molecular complexity index is 329. The first-order valence-corrected chi connectivity index (χ1v) is 16.3. The Balaban J connectivity index is -0.0000000881. The van der Waals surface area contributed by atoms with E-state index in [1.807, 2.05) is 69.2 Å². The summed E-state index contributed by atoms with van der Waals surface area (Å²) in [5.41, 5.74) is 0. The van der Waals surface area contributed by atoms with Crippen molar-refractivity contribution < 1.29 is 38.0 Å². The zero-order valence-electron chi connectivity index (χ0n) is 30.3. The van der Waals surface area contributed by atoms with Gasteiger partial charge in [-0.2, -0.15) is 0 Å². The molecule has 0 aromatic heterocycles. The van der Waals surface area contributed by atoms with Crippen LogP contribution >= 0.6 is 0 Å². The van der Waals surface area contributed by atoms with E-state index in [0.29, 0.717) is 52.9 Å². The average molecular weight is 604 g/mol. The molecule has 0 spiro atoms. The van der Waals surface area contributed by atoms with Gasteiger partial charge in [0, 0.05) is 20.3 Å². The van der Waals surface area contributed by atoms with Gasteiger partial charge in [0.2, 0.25) is 0 Å². The monoisotopic (exact) mass is 604 g/mol. The van der Waals surface area contributed by atoms with Crippen molar-refractivity contribution >= 4 is 5.78 Å². The van der Waals surface area contributed by atoms with Crippen LogP contribution in [0.3, 0.4) is 0 Å². The average Bonchev–Trinajstić information content (AvgIpc) is 3.04. The van der Waals surface area contributed by atoms with E-state index in [4.69, 9.17) is 33.2 Å². The second kappa shape index (κ2) is 77.4. The number of rotatable bonds is 24. The van der Waals surface area contributed by atoms with Crippen LogP contribution in [0.25, 0.3) is 0 Å². The van der Waals surface area contributed by atoms with Gasteiger partial charge in [0.25, 0.3) is 0 Å². The van der Waals surface area contributed by atoms with Crippen LogP contribution in [-0.2, 0) is 38.0 Å². The fourth-order valence-corrected chi connectivity index (χ4v) is 1.91. The Hall–Kier alpha value is -0.650. The van der Waals surface area contributed by atoms with Crippen LogP contribution in [0.5, 0.6) is 0 Å². The van der Waals surface area contributed by atoms with Gasteiger partial charge in [-0.25, -0.2) is 0 Å². The summed E-state index contributed by atoms with van der Waals surface area (Å²) < 4.78 is 36.2. The van der Waals surface area contributed by atoms with Crippen molar-refractivity contribution in [3.63, 3.8) is 0 Å². The van der Waals surface area contributed by atoms with Crippen LogP contribution in [0.2, 0.25) is 0 Å². The molecule has 0 aromatic carbocycles. The SMILES string of the molecule is CC.CC.CC.CC.CC.CCCCOCCOCCNCC.COCCOCCOCCOCCOCC(C)=O. The second-order valence-electron chi connectivity index (χ2n) is 6.52. The van der Waals surface area contributed by atoms with Crippen molar-refractivity contribution in [1.82, 2.24) is 5.32 Å². The number of hydrogen-bond acceptors (Lipinski definition) is 9. The maximum atomic E-state index is 10.5. The normalized spacial score (nSPS) is 8.83. The van der Waals surface area contributed by atoms with Gasteiger partial charge in [-0.3, -0.25) is 4.79 Å². The predicted molar refractivity (Wildman–Crippen MR) is 178 cm³/mol. The van der Waals surface area contributed by atoms with Gasteiger partial charge in [-0.15, -0.1) is 0 Å². The highest BCUT2D eigenvalue weighted by Crippen LogP contribution is 1.87. The van der Waals surface area contributed by atoms with E-state index in [1.54, 1.807) is 7.11 Å². The molecular weight excluding hydrogens is 526 g/mol. The molecule has 0 aliphatic carbocycles. The number of Topliss-reactive ketones (excluding diaryl/α,β-unsaturated/α-hetero) is 1. The fraction of sp³-hybridized carbons (Fsp3) is 0.969. The van der Waals surface area contributed by atoms with E-state index >= 15 is 0 Å². The van der Waals surface area contributed by atoms with Gasteiger partial charge in [-0.1, -0.05) is 89.5 Å². The number of likely N-dealkylation sites (N-methyl/N-ethyl adjacent to an activating group) is 1. The fourth-order valence-electron chi connectivity index (χ4n) is 1.91. The molecular formula is C32H77NO8. The highest BCUT2D eigenvalue weighted by atomic mass is 16.6. The second-order valence-corrected chi connectivity index (χ2v) is 6.52. The first kappa shape index (κ1) is 56.2. The molecule has 0 aliphatic rings. The zero-order valence-corrected chi connectivity index (χ0v) is 30.3. The summed E-state index contributed by atoms with van der Waals surface area (Å²) in [6.07, 6.45) is 2.35. The maximum Gasteiger partial charge on any atom is 0.155 e. The quantitative estimate of drug-likeness (QED) is 0.119. The third-order valence-corrected chi connectivity index (χ3v) is 3.54. The number of nitrogens with one attached hydrogen (secondary N) is 1. The Kier molecular flexibility index (Phi) is 106. The number of unbranched alkanes of at least 4 members (excludes halogenated alkanes) is 1. The number of methoxy groups -OCH3 is 1. The van der Waals surface area contributed by atoms with E-state index in [9.17, 15) is 4.79 Å². The summed E-state index contributed by atoms with van der Waals surface area (Å²) in [5.74, 6) is 0.0202. The summed E-state index contributed by atoms with van der Waals surface area (Å²) in [6.45, 7) is 35.2. The van der Waals surface area contributed by atoms with Crippen LogP contribution in [0.4, 0.5) is 0 Å². The first-order valence-electron chi connectivity index (χ1n) is 16.3. The molecule has 0 aromatic rings. The Labute approximate surface area is 258 Å². The molecule has 0 unspecified atom stereocenters. The smallest absolute Gasteiger partial charge is 0.155 e. The third-order valence-electron chi connectivity index (χ3n) is 3.54. The zero-order chi connectivity index (χ0) is 33.3. The molecule has 9 heteroatoms. The van der Waals surface area contributed by atoms with Gasteiger partial charge in [-0.05, 0) is 19.9 Å². The number of hydrogen-bond donors (Lipinski definition) is 1. The van der Waals surface area contributed by atoms with Crippen LogP contribution in [0, 0.1) is 0 Å². The Morgan fingerprint density at radius 2 is 0.854 bits per heavy atom. The summed E-state index contributed by atoms with van der Waals surface area (Å²) in [7, 11) is 1.64. The topological polar surface area (TPSA) is 93.7 Å². The standard InChI is InChI=1S/C12H24O6.C10H23NO2.5C2H6/c1-12(13)11-18-10-9-17-8-7-16-6-5-15-4-3-14-2;1-3-5-7-12-9-10-13-8-6-11-4-2;5*1-2/h3-11H2,1-2H3;11H,3-10H2,1-2H3;5*1-2H3. The van der Waals surface area contributed by atoms with E-state index in [1.165, 1.54) is 13.3 Å².